The molecule has 5 aromatic carbocycles. The average Bonchev–Trinajstić information content (AvgIpc) is 3.09. The van der Waals surface area contributed by atoms with Crippen molar-refractivity contribution in [1.29, 1.82) is 0 Å². The third-order valence-electron chi connectivity index (χ3n) is 7.52. The van der Waals surface area contributed by atoms with Gasteiger partial charge in [-0.3, -0.25) is 0 Å². The van der Waals surface area contributed by atoms with Gasteiger partial charge in [0.25, 0.3) is 0 Å². The highest BCUT2D eigenvalue weighted by atomic mass is 14.7. The minimum Gasteiger partial charge on any atom is -0.248 e. The molecule has 7 rings (SSSR count). The molecule has 0 amide bonds. The van der Waals surface area contributed by atoms with Gasteiger partial charge in [0.05, 0.1) is 22.8 Å². The lowest BCUT2D eigenvalue weighted by Gasteiger charge is -2.18. The molecule has 2 heteroatoms. The van der Waals surface area contributed by atoms with E-state index in [0.717, 1.165) is 67.3 Å². The van der Waals surface area contributed by atoms with E-state index in [4.69, 9.17) is 9.97 Å². The van der Waals surface area contributed by atoms with Crippen molar-refractivity contribution < 1.29 is 0 Å². The average molecular weight is 537 g/mol. The molecule has 0 aliphatic carbocycles. The number of nitrogens with zero attached hydrogens (tertiary/aromatic N) is 2. The van der Waals surface area contributed by atoms with Crippen LogP contribution in [0.25, 0.3) is 67.3 Å². The van der Waals surface area contributed by atoms with E-state index in [2.05, 4.69) is 158 Å². The molecule has 0 aliphatic rings. The standard InChI is InChI=1S/C40H28N2/c1-5-15-29(16-6-1)33-27-36(40-26-14-24-38(42-40)32-21-11-4-12-22-32)34(30-17-7-2-8-18-30)28-35(33)39-25-13-23-37(41-39)31-19-9-3-10-20-31/h1-28H. The van der Waals surface area contributed by atoms with Crippen LogP contribution in [0, 0.1) is 0 Å². The van der Waals surface area contributed by atoms with Gasteiger partial charge in [0.2, 0.25) is 0 Å². The number of aromatic nitrogens is 2. The molecule has 0 N–H and O–H groups in total. The van der Waals surface area contributed by atoms with Crippen LogP contribution >= 0.6 is 0 Å². The van der Waals surface area contributed by atoms with Gasteiger partial charge in [-0.2, -0.15) is 0 Å². The Hall–Kier alpha value is -5.60. The number of hydrogen-bond acceptors (Lipinski definition) is 2. The van der Waals surface area contributed by atoms with Crippen LogP contribution in [-0.4, -0.2) is 9.97 Å². The molecule has 7 aromatic rings. The molecule has 198 valence electrons. The van der Waals surface area contributed by atoms with Gasteiger partial charge in [-0.1, -0.05) is 133 Å². The molecule has 0 radical (unpaired) electrons. The van der Waals surface area contributed by atoms with Crippen molar-refractivity contribution in [2.24, 2.45) is 0 Å². The lowest BCUT2D eigenvalue weighted by molar-refractivity contribution is 1.31. The fourth-order valence-corrected chi connectivity index (χ4v) is 5.45. The maximum absolute atomic E-state index is 5.17. The number of rotatable bonds is 6. The van der Waals surface area contributed by atoms with Crippen LogP contribution in [0.15, 0.2) is 170 Å². The Morgan fingerprint density at radius 3 is 0.905 bits per heavy atom. The molecular weight excluding hydrogens is 508 g/mol. The lowest BCUT2D eigenvalue weighted by Crippen LogP contribution is -1.96. The SMILES string of the molecule is c1ccc(-c2cccc(-c3cc(-c4ccccc4)c(-c4cccc(-c5ccccc5)n4)cc3-c3ccccc3)n2)cc1. The molecular formula is C40H28N2. The molecule has 0 saturated carbocycles. The quantitative estimate of drug-likeness (QED) is 0.211. The highest BCUT2D eigenvalue weighted by Crippen LogP contribution is 2.42. The van der Waals surface area contributed by atoms with Crippen molar-refractivity contribution in [3.8, 4) is 67.3 Å². The first kappa shape index (κ1) is 25.4. The highest BCUT2D eigenvalue weighted by Gasteiger charge is 2.18. The Balaban J connectivity index is 1.48. The molecule has 0 unspecified atom stereocenters. The van der Waals surface area contributed by atoms with E-state index in [1.807, 2.05) is 12.1 Å². The van der Waals surface area contributed by atoms with Crippen molar-refractivity contribution in [2.75, 3.05) is 0 Å². The van der Waals surface area contributed by atoms with E-state index in [1.54, 1.807) is 0 Å². The summed E-state index contributed by atoms with van der Waals surface area (Å²) in [4.78, 5) is 10.3. The Morgan fingerprint density at radius 2 is 0.548 bits per heavy atom. The Labute approximate surface area is 246 Å². The zero-order chi connectivity index (χ0) is 28.1. The van der Waals surface area contributed by atoms with Crippen LogP contribution < -0.4 is 0 Å². The number of hydrogen-bond donors (Lipinski definition) is 0. The van der Waals surface area contributed by atoms with Crippen molar-refractivity contribution >= 4 is 0 Å². The summed E-state index contributed by atoms with van der Waals surface area (Å²) >= 11 is 0. The van der Waals surface area contributed by atoms with Gasteiger partial charge in [0.15, 0.2) is 0 Å². The van der Waals surface area contributed by atoms with Gasteiger partial charge >= 0.3 is 0 Å². The number of pyridine rings is 2. The molecule has 0 saturated heterocycles. The zero-order valence-electron chi connectivity index (χ0n) is 23.1. The minimum absolute atomic E-state index is 0.935. The van der Waals surface area contributed by atoms with Crippen LogP contribution in [-0.2, 0) is 0 Å². The summed E-state index contributed by atoms with van der Waals surface area (Å²) in [7, 11) is 0. The molecule has 2 heterocycles. The molecule has 2 aromatic heterocycles. The van der Waals surface area contributed by atoms with E-state index in [-0.39, 0.29) is 0 Å². The molecule has 0 bridgehead atoms. The Kier molecular flexibility index (Phi) is 6.94. The van der Waals surface area contributed by atoms with Gasteiger partial charge in [-0.25, -0.2) is 9.97 Å². The van der Waals surface area contributed by atoms with E-state index in [1.165, 1.54) is 0 Å². The number of benzene rings is 5. The van der Waals surface area contributed by atoms with Crippen LogP contribution in [0.5, 0.6) is 0 Å². The topological polar surface area (TPSA) is 25.8 Å². The molecule has 42 heavy (non-hydrogen) atoms. The van der Waals surface area contributed by atoms with Gasteiger partial charge in [-0.05, 0) is 58.7 Å². The first-order valence-electron chi connectivity index (χ1n) is 14.2. The Bertz CT molecular complexity index is 1800. The van der Waals surface area contributed by atoms with Gasteiger partial charge in [0.1, 0.15) is 0 Å². The highest BCUT2D eigenvalue weighted by molar-refractivity contribution is 5.94. The van der Waals surface area contributed by atoms with Gasteiger partial charge < -0.3 is 0 Å². The molecule has 0 atom stereocenters. The van der Waals surface area contributed by atoms with Gasteiger partial charge in [-0.15, -0.1) is 0 Å². The second kappa shape index (κ2) is 11.5. The maximum atomic E-state index is 5.17. The molecule has 0 fully saturated rings. The first-order valence-corrected chi connectivity index (χ1v) is 14.2. The molecule has 0 spiro atoms. The molecule has 0 aliphatic heterocycles. The Morgan fingerprint density at radius 1 is 0.238 bits per heavy atom. The van der Waals surface area contributed by atoms with Crippen LogP contribution in [0.2, 0.25) is 0 Å². The van der Waals surface area contributed by atoms with Crippen molar-refractivity contribution in [3.63, 3.8) is 0 Å². The zero-order valence-corrected chi connectivity index (χ0v) is 23.1. The van der Waals surface area contributed by atoms with Gasteiger partial charge in [0, 0.05) is 22.3 Å². The smallest absolute Gasteiger partial charge is 0.0715 e. The normalized spacial score (nSPS) is 10.9. The monoisotopic (exact) mass is 536 g/mol. The summed E-state index contributed by atoms with van der Waals surface area (Å²) in [5, 5.41) is 0. The third kappa shape index (κ3) is 5.14. The second-order valence-electron chi connectivity index (χ2n) is 10.2. The van der Waals surface area contributed by atoms with Crippen molar-refractivity contribution in [3.05, 3.63) is 170 Å². The minimum atomic E-state index is 0.935. The summed E-state index contributed by atoms with van der Waals surface area (Å²) in [5.41, 5.74) is 12.7. The molecule has 2 nitrogen and oxygen atoms in total. The van der Waals surface area contributed by atoms with E-state index in [9.17, 15) is 0 Å². The fourth-order valence-electron chi connectivity index (χ4n) is 5.45. The van der Waals surface area contributed by atoms with E-state index in [0.29, 0.717) is 0 Å². The lowest BCUT2D eigenvalue weighted by atomic mass is 9.88. The first-order chi connectivity index (χ1) is 20.8. The second-order valence-corrected chi connectivity index (χ2v) is 10.2. The third-order valence-corrected chi connectivity index (χ3v) is 7.52. The van der Waals surface area contributed by atoms with Crippen molar-refractivity contribution in [2.45, 2.75) is 0 Å². The fraction of sp³-hybridized carbons (Fsp3) is 0. The predicted molar refractivity (Wildman–Crippen MR) is 175 cm³/mol. The summed E-state index contributed by atoms with van der Waals surface area (Å²) < 4.78 is 0. The van der Waals surface area contributed by atoms with E-state index >= 15 is 0 Å². The van der Waals surface area contributed by atoms with Crippen LogP contribution in [0.4, 0.5) is 0 Å². The summed E-state index contributed by atoms with van der Waals surface area (Å²) in [6.45, 7) is 0. The van der Waals surface area contributed by atoms with E-state index < -0.39 is 0 Å². The van der Waals surface area contributed by atoms with Crippen LogP contribution in [0.1, 0.15) is 0 Å². The van der Waals surface area contributed by atoms with Crippen molar-refractivity contribution in [1.82, 2.24) is 9.97 Å². The summed E-state index contributed by atoms with van der Waals surface area (Å²) in [6.07, 6.45) is 0. The summed E-state index contributed by atoms with van der Waals surface area (Å²) in [5.74, 6) is 0. The maximum Gasteiger partial charge on any atom is 0.0715 e. The van der Waals surface area contributed by atoms with Crippen LogP contribution in [0.3, 0.4) is 0 Å². The predicted octanol–water partition coefficient (Wildman–Crippen LogP) is 10.5. The largest absolute Gasteiger partial charge is 0.248 e. The summed E-state index contributed by atoms with van der Waals surface area (Å²) in [6, 6.07) is 59.0.